The van der Waals surface area contributed by atoms with Crippen LogP contribution in [0.3, 0.4) is 0 Å². The van der Waals surface area contributed by atoms with Crippen LogP contribution in [0, 0.1) is 5.82 Å². The van der Waals surface area contributed by atoms with Crippen LogP contribution >= 0.6 is 23.2 Å². The summed E-state index contributed by atoms with van der Waals surface area (Å²) in [6, 6.07) is 8.44. The summed E-state index contributed by atoms with van der Waals surface area (Å²) < 4.78 is 13.6. The number of carbonyl (C=O) groups excluding carboxylic acids is 1. The zero-order valence-electron chi connectivity index (χ0n) is 9.58. The van der Waals surface area contributed by atoms with Crippen molar-refractivity contribution >= 4 is 40.5 Å². The molecule has 0 aliphatic heterocycles. The maximum absolute atomic E-state index is 13.6. The van der Waals surface area contributed by atoms with E-state index in [2.05, 4.69) is 5.32 Å². The zero-order chi connectivity index (χ0) is 14.0. The predicted octanol–water partition coefficient (Wildman–Crippen LogP) is 3.97. The molecular weight excluding hydrogens is 290 g/mol. The lowest BCUT2D eigenvalue weighted by atomic mass is 10.2. The summed E-state index contributed by atoms with van der Waals surface area (Å²) in [5.41, 5.74) is 6.28. The van der Waals surface area contributed by atoms with Gasteiger partial charge in [-0.2, -0.15) is 0 Å². The number of halogens is 3. The number of carbonyl (C=O) groups is 1. The Bertz CT molecular complexity index is 647. The molecule has 98 valence electrons. The minimum absolute atomic E-state index is 0.0997. The highest BCUT2D eigenvalue weighted by molar-refractivity contribution is 6.33. The molecular formula is C13H9Cl2FN2O. The molecule has 3 nitrogen and oxygen atoms in total. The van der Waals surface area contributed by atoms with E-state index >= 15 is 0 Å². The Morgan fingerprint density at radius 2 is 1.89 bits per heavy atom. The first-order valence-electron chi connectivity index (χ1n) is 5.29. The molecule has 6 heteroatoms. The number of nitrogens with two attached hydrogens (primary N) is 1. The van der Waals surface area contributed by atoms with E-state index in [0.717, 1.165) is 6.07 Å². The van der Waals surface area contributed by atoms with Crippen LogP contribution in [-0.2, 0) is 0 Å². The van der Waals surface area contributed by atoms with E-state index in [9.17, 15) is 9.18 Å². The molecule has 0 saturated carbocycles. The van der Waals surface area contributed by atoms with Gasteiger partial charge in [0.1, 0.15) is 5.82 Å². The van der Waals surface area contributed by atoms with Crippen molar-refractivity contribution in [2.75, 3.05) is 11.1 Å². The van der Waals surface area contributed by atoms with Crippen molar-refractivity contribution < 1.29 is 9.18 Å². The lowest BCUT2D eigenvalue weighted by Crippen LogP contribution is -2.13. The van der Waals surface area contributed by atoms with Gasteiger partial charge in [-0.05, 0) is 36.4 Å². The number of hydrogen-bond donors (Lipinski definition) is 2. The third-order valence-corrected chi connectivity index (χ3v) is 3.00. The molecule has 1 amide bonds. The van der Waals surface area contributed by atoms with Gasteiger partial charge in [0.2, 0.25) is 0 Å². The number of anilines is 2. The van der Waals surface area contributed by atoms with E-state index in [-0.39, 0.29) is 10.6 Å². The van der Waals surface area contributed by atoms with Gasteiger partial charge in [0.15, 0.2) is 0 Å². The van der Waals surface area contributed by atoms with E-state index in [1.165, 1.54) is 18.2 Å². The van der Waals surface area contributed by atoms with Gasteiger partial charge in [-0.1, -0.05) is 23.2 Å². The van der Waals surface area contributed by atoms with Crippen LogP contribution in [0.15, 0.2) is 36.4 Å². The van der Waals surface area contributed by atoms with Crippen LogP contribution in [-0.4, -0.2) is 5.91 Å². The number of nitrogens with one attached hydrogen (secondary N) is 1. The van der Waals surface area contributed by atoms with Gasteiger partial charge < -0.3 is 11.1 Å². The molecule has 2 aromatic carbocycles. The second-order valence-electron chi connectivity index (χ2n) is 3.81. The first-order valence-corrected chi connectivity index (χ1v) is 6.04. The highest BCUT2D eigenvalue weighted by Gasteiger charge is 2.12. The Hall–Kier alpha value is -1.78. The van der Waals surface area contributed by atoms with Crippen molar-refractivity contribution in [2.24, 2.45) is 0 Å². The fourth-order valence-corrected chi connectivity index (χ4v) is 1.82. The first kappa shape index (κ1) is 13.6. The topological polar surface area (TPSA) is 55.1 Å². The fraction of sp³-hybridized carbons (Fsp3) is 0. The summed E-state index contributed by atoms with van der Waals surface area (Å²) in [4.78, 5) is 11.9. The highest BCUT2D eigenvalue weighted by Crippen LogP contribution is 2.23. The molecule has 0 aliphatic rings. The fourth-order valence-electron chi connectivity index (χ4n) is 1.48. The van der Waals surface area contributed by atoms with E-state index in [1.54, 1.807) is 12.1 Å². The van der Waals surface area contributed by atoms with E-state index in [0.29, 0.717) is 16.4 Å². The number of nitrogen functional groups attached to an aromatic ring is 1. The van der Waals surface area contributed by atoms with Crippen molar-refractivity contribution in [2.45, 2.75) is 0 Å². The molecule has 0 radical (unpaired) electrons. The van der Waals surface area contributed by atoms with Crippen LogP contribution in [0.1, 0.15) is 10.4 Å². The van der Waals surface area contributed by atoms with E-state index in [4.69, 9.17) is 28.9 Å². The quantitative estimate of drug-likeness (QED) is 0.824. The largest absolute Gasteiger partial charge is 0.398 e. The Kier molecular flexibility index (Phi) is 3.93. The molecule has 0 heterocycles. The van der Waals surface area contributed by atoms with Gasteiger partial charge in [-0.15, -0.1) is 0 Å². The molecule has 2 aromatic rings. The van der Waals surface area contributed by atoms with Crippen LogP contribution in [0.4, 0.5) is 15.8 Å². The summed E-state index contributed by atoms with van der Waals surface area (Å²) in [5.74, 6) is -1.28. The predicted molar refractivity (Wildman–Crippen MR) is 75.2 cm³/mol. The molecule has 0 spiro atoms. The number of rotatable bonds is 2. The second kappa shape index (κ2) is 5.47. The normalized spacial score (nSPS) is 10.3. The van der Waals surface area contributed by atoms with Crippen LogP contribution in [0.2, 0.25) is 10.0 Å². The molecule has 2 rings (SSSR count). The highest BCUT2D eigenvalue weighted by atomic mass is 35.5. The van der Waals surface area contributed by atoms with Crippen molar-refractivity contribution in [3.63, 3.8) is 0 Å². The van der Waals surface area contributed by atoms with Crippen LogP contribution in [0.25, 0.3) is 0 Å². The molecule has 0 aliphatic carbocycles. The SMILES string of the molecule is Nc1ccc(NC(=O)c2ccc(Cl)cc2F)cc1Cl. The monoisotopic (exact) mass is 298 g/mol. The van der Waals surface area contributed by atoms with Gasteiger partial charge in [0.05, 0.1) is 16.3 Å². The van der Waals surface area contributed by atoms with Gasteiger partial charge >= 0.3 is 0 Å². The maximum Gasteiger partial charge on any atom is 0.258 e. The number of hydrogen-bond acceptors (Lipinski definition) is 2. The smallest absolute Gasteiger partial charge is 0.258 e. The average Bonchev–Trinajstić information content (AvgIpc) is 2.33. The third kappa shape index (κ3) is 3.16. The Labute approximate surface area is 119 Å². The molecule has 0 unspecified atom stereocenters. The maximum atomic E-state index is 13.6. The lowest BCUT2D eigenvalue weighted by molar-refractivity contribution is 0.102. The van der Waals surface area contributed by atoms with Crippen molar-refractivity contribution in [3.8, 4) is 0 Å². The molecule has 0 saturated heterocycles. The zero-order valence-corrected chi connectivity index (χ0v) is 11.1. The Morgan fingerprint density at radius 1 is 1.16 bits per heavy atom. The first-order chi connectivity index (χ1) is 8.97. The Morgan fingerprint density at radius 3 is 2.53 bits per heavy atom. The van der Waals surface area contributed by atoms with E-state index < -0.39 is 11.7 Å². The van der Waals surface area contributed by atoms with Crippen molar-refractivity contribution in [1.29, 1.82) is 0 Å². The number of amides is 1. The summed E-state index contributed by atoms with van der Waals surface area (Å²) in [5, 5.41) is 3.07. The average molecular weight is 299 g/mol. The summed E-state index contributed by atoms with van der Waals surface area (Å²) in [6.45, 7) is 0. The molecule has 3 N–H and O–H groups in total. The van der Waals surface area contributed by atoms with Gasteiger partial charge in [0.25, 0.3) is 5.91 Å². The van der Waals surface area contributed by atoms with Gasteiger partial charge in [-0.25, -0.2) is 4.39 Å². The van der Waals surface area contributed by atoms with Crippen LogP contribution < -0.4 is 11.1 Å². The summed E-state index contributed by atoms with van der Waals surface area (Å²) in [7, 11) is 0. The van der Waals surface area contributed by atoms with Crippen molar-refractivity contribution in [1.82, 2.24) is 0 Å². The molecule has 0 fully saturated rings. The third-order valence-electron chi connectivity index (χ3n) is 2.43. The van der Waals surface area contributed by atoms with Crippen molar-refractivity contribution in [3.05, 3.63) is 57.8 Å². The lowest BCUT2D eigenvalue weighted by Gasteiger charge is -2.07. The van der Waals surface area contributed by atoms with Gasteiger partial charge in [-0.3, -0.25) is 4.79 Å². The standard InChI is InChI=1S/C13H9Cl2FN2O/c14-7-1-3-9(11(16)5-7)13(19)18-8-2-4-12(17)10(15)6-8/h1-6H,17H2,(H,18,19). The number of benzene rings is 2. The van der Waals surface area contributed by atoms with Gasteiger partial charge in [0, 0.05) is 10.7 Å². The van der Waals surface area contributed by atoms with Crippen LogP contribution in [0.5, 0.6) is 0 Å². The summed E-state index contributed by atoms with van der Waals surface area (Å²) in [6.07, 6.45) is 0. The molecule has 0 atom stereocenters. The minimum atomic E-state index is -0.688. The minimum Gasteiger partial charge on any atom is -0.398 e. The van der Waals surface area contributed by atoms with E-state index in [1.807, 2.05) is 0 Å². The summed E-state index contributed by atoms with van der Waals surface area (Å²) >= 11 is 11.4. The molecule has 0 aromatic heterocycles. The Balaban J connectivity index is 2.23. The molecule has 0 bridgehead atoms. The second-order valence-corrected chi connectivity index (χ2v) is 4.66. The molecule has 19 heavy (non-hydrogen) atoms.